The number of fused-ring (bicyclic) bond motifs is 3. The molecule has 128 valence electrons. The first-order valence-corrected chi connectivity index (χ1v) is 8.47. The van der Waals surface area contributed by atoms with E-state index in [1.54, 1.807) is 10.7 Å². The van der Waals surface area contributed by atoms with Crippen molar-refractivity contribution in [2.75, 3.05) is 11.9 Å². The molecule has 1 fully saturated rings. The quantitative estimate of drug-likeness (QED) is 0.865. The minimum atomic E-state index is -0.227. The lowest BCUT2D eigenvalue weighted by Crippen LogP contribution is -2.56. The molecule has 5 heteroatoms. The Kier molecular flexibility index (Phi) is 3.14. The van der Waals surface area contributed by atoms with Gasteiger partial charge in [-0.15, -0.1) is 0 Å². The van der Waals surface area contributed by atoms with Gasteiger partial charge in [-0.3, -0.25) is 4.68 Å². The maximum Gasteiger partial charge on any atom is 0.134 e. The van der Waals surface area contributed by atoms with Crippen LogP contribution >= 0.6 is 0 Å². The Balaban J connectivity index is 1.93. The highest BCUT2D eigenvalue weighted by molar-refractivity contribution is 5.71. The van der Waals surface area contributed by atoms with Crippen LogP contribution in [0.15, 0.2) is 18.2 Å². The molecule has 0 amide bonds. The zero-order valence-corrected chi connectivity index (χ0v) is 14.9. The van der Waals surface area contributed by atoms with E-state index in [-0.39, 0.29) is 22.9 Å². The standard InChI is InChI=1S/C19H24FN3O/c1-11-8-16(23(5)22-11)12-9-13-15(10-14(12)20)21-18(2,3)17-19(13,4)6-7-24-17/h8-10,17,21H,6-7H2,1-5H3. The van der Waals surface area contributed by atoms with Gasteiger partial charge in [0, 0.05) is 30.3 Å². The molecule has 1 aromatic carbocycles. The second kappa shape index (κ2) is 4.82. The predicted molar refractivity (Wildman–Crippen MR) is 92.7 cm³/mol. The van der Waals surface area contributed by atoms with Crippen LogP contribution < -0.4 is 5.32 Å². The van der Waals surface area contributed by atoms with Crippen LogP contribution in [0.5, 0.6) is 0 Å². The number of rotatable bonds is 1. The summed E-state index contributed by atoms with van der Waals surface area (Å²) in [7, 11) is 1.85. The smallest absolute Gasteiger partial charge is 0.134 e. The number of aryl methyl sites for hydroxylation is 2. The van der Waals surface area contributed by atoms with Crippen LogP contribution in [0.3, 0.4) is 0 Å². The highest BCUT2D eigenvalue weighted by atomic mass is 19.1. The van der Waals surface area contributed by atoms with E-state index in [1.165, 1.54) is 0 Å². The topological polar surface area (TPSA) is 39.1 Å². The van der Waals surface area contributed by atoms with Crippen LogP contribution in [0.1, 0.15) is 38.4 Å². The van der Waals surface area contributed by atoms with Crippen LogP contribution in [0.4, 0.5) is 10.1 Å². The molecule has 3 heterocycles. The molecule has 4 rings (SSSR count). The molecule has 0 radical (unpaired) electrons. The summed E-state index contributed by atoms with van der Waals surface area (Å²) in [4.78, 5) is 0. The Labute approximate surface area is 142 Å². The lowest BCUT2D eigenvalue weighted by atomic mass is 9.67. The van der Waals surface area contributed by atoms with Crippen LogP contribution in [0.2, 0.25) is 0 Å². The molecule has 0 bridgehead atoms. The minimum absolute atomic E-state index is 0.0732. The average Bonchev–Trinajstić information content (AvgIpc) is 3.02. The largest absolute Gasteiger partial charge is 0.377 e. The van der Waals surface area contributed by atoms with E-state index in [0.717, 1.165) is 35.7 Å². The van der Waals surface area contributed by atoms with Crippen LogP contribution in [0, 0.1) is 12.7 Å². The van der Waals surface area contributed by atoms with E-state index in [9.17, 15) is 4.39 Å². The van der Waals surface area contributed by atoms with E-state index in [0.29, 0.717) is 5.56 Å². The molecule has 24 heavy (non-hydrogen) atoms. The second-order valence-corrected chi connectivity index (χ2v) is 7.94. The first-order valence-electron chi connectivity index (χ1n) is 8.47. The zero-order chi connectivity index (χ0) is 17.3. The number of nitrogens with one attached hydrogen (secondary N) is 1. The van der Waals surface area contributed by atoms with Crippen molar-refractivity contribution in [3.05, 3.63) is 35.3 Å². The normalized spacial score (nSPS) is 27.5. The van der Waals surface area contributed by atoms with Gasteiger partial charge in [-0.25, -0.2) is 4.39 Å². The fourth-order valence-corrected chi connectivity index (χ4v) is 4.61. The van der Waals surface area contributed by atoms with E-state index in [2.05, 4.69) is 31.2 Å². The number of aromatic nitrogens is 2. The second-order valence-electron chi connectivity index (χ2n) is 7.94. The lowest BCUT2D eigenvalue weighted by molar-refractivity contribution is 0.0352. The van der Waals surface area contributed by atoms with Gasteiger partial charge < -0.3 is 10.1 Å². The zero-order valence-electron chi connectivity index (χ0n) is 14.9. The van der Waals surface area contributed by atoms with Crippen molar-refractivity contribution >= 4 is 5.69 Å². The number of benzene rings is 1. The average molecular weight is 329 g/mol. The summed E-state index contributed by atoms with van der Waals surface area (Å²) in [5.74, 6) is -0.221. The first kappa shape index (κ1) is 15.6. The van der Waals surface area contributed by atoms with Gasteiger partial charge in [-0.05, 0) is 51.0 Å². The molecule has 2 aromatic rings. The summed E-state index contributed by atoms with van der Waals surface area (Å²) in [6, 6.07) is 5.55. The first-order chi connectivity index (χ1) is 11.2. The molecule has 0 spiro atoms. The van der Waals surface area contributed by atoms with Crippen LogP contribution in [-0.2, 0) is 17.2 Å². The monoisotopic (exact) mass is 329 g/mol. The van der Waals surface area contributed by atoms with Gasteiger partial charge in [-0.1, -0.05) is 6.92 Å². The maximum absolute atomic E-state index is 14.9. The summed E-state index contributed by atoms with van der Waals surface area (Å²) < 4.78 is 22.7. The third-order valence-electron chi connectivity index (χ3n) is 5.60. The van der Waals surface area contributed by atoms with Crippen LogP contribution in [-0.4, -0.2) is 28.0 Å². The van der Waals surface area contributed by atoms with Crippen molar-refractivity contribution in [1.82, 2.24) is 9.78 Å². The third kappa shape index (κ3) is 2.04. The van der Waals surface area contributed by atoms with E-state index in [1.807, 2.05) is 26.1 Å². The van der Waals surface area contributed by atoms with Gasteiger partial charge in [-0.2, -0.15) is 5.10 Å². The van der Waals surface area contributed by atoms with Crippen molar-refractivity contribution in [2.45, 2.75) is 51.2 Å². The van der Waals surface area contributed by atoms with E-state index >= 15 is 0 Å². The molecule has 1 N–H and O–H groups in total. The number of ether oxygens (including phenoxy) is 1. The van der Waals surface area contributed by atoms with Gasteiger partial charge in [0.05, 0.1) is 23.0 Å². The van der Waals surface area contributed by atoms with Crippen molar-refractivity contribution < 1.29 is 9.13 Å². The van der Waals surface area contributed by atoms with Crippen LogP contribution in [0.25, 0.3) is 11.3 Å². The molecular formula is C19H24FN3O. The predicted octanol–water partition coefficient (Wildman–Crippen LogP) is 3.79. The summed E-state index contributed by atoms with van der Waals surface area (Å²) >= 11 is 0. The van der Waals surface area contributed by atoms with E-state index < -0.39 is 0 Å². The lowest BCUT2D eigenvalue weighted by Gasteiger charge is -2.48. The Bertz CT molecular complexity index is 826. The molecule has 2 unspecified atom stereocenters. The molecule has 2 aliphatic heterocycles. The number of hydrogen-bond acceptors (Lipinski definition) is 3. The fourth-order valence-electron chi connectivity index (χ4n) is 4.61. The Hall–Kier alpha value is -1.88. The van der Waals surface area contributed by atoms with Crippen molar-refractivity contribution in [1.29, 1.82) is 0 Å². The maximum atomic E-state index is 14.9. The van der Waals surface area contributed by atoms with Gasteiger partial charge in [0.2, 0.25) is 0 Å². The molecule has 0 saturated carbocycles. The minimum Gasteiger partial charge on any atom is -0.377 e. The summed E-state index contributed by atoms with van der Waals surface area (Å²) in [6.45, 7) is 9.15. The summed E-state index contributed by atoms with van der Waals surface area (Å²) in [6.07, 6.45) is 1.02. The number of nitrogens with zero attached hydrogens (tertiary/aromatic N) is 2. The highest BCUT2D eigenvalue weighted by Gasteiger charge is 2.53. The molecule has 0 aliphatic carbocycles. The third-order valence-corrected chi connectivity index (χ3v) is 5.60. The van der Waals surface area contributed by atoms with Crippen molar-refractivity contribution in [2.24, 2.45) is 7.05 Å². The SMILES string of the molecule is Cc1cc(-c2cc3c(cc2F)NC(C)(C)C2OCCC32C)n(C)n1. The number of anilines is 1. The van der Waals surface area contributed by atoms with Gasteiger partial charge in [0.1, 0.15) is 5.82 Å². The fraction of sp³-hybridized carbons (Fsp3) is 0.526. The highest BCUT2D eigenvalue weighted by Crippen LogP contribution is 2.51. The molecule has 1 saturated heterocycles. The Morgan fingerprint density at radius 1 is 1.29 bits per heavy atom. The van der Waals surface area contributed by atoms with Crippen molar-refractivity contribution in [3.8, 4) is 11.3 Å². The Morgan fingerprint density at radius 2 is 2.04 bits per heavy atom. The van der Waals surface area contributed by atoms with Gasteiger partial charge >= 0.3 is 0 Å². The number of halogens is 1. The molecule has 2 atom stereocenters. The summed E-state index contributed by atoms with van der Waals surface area (Å²) in [5.41, 5.74) is 3.97. The molecule has 4 nitrogen and oxygen atoms in total. The summed E-state index contributed by atoms with van der Waals surface area (Å²) in [5, 5.41) is 7.84. The van der Waals surface area contributed by atoms with E-state index in [4.69, 9.17) is 4.74 Å². The number of hydrogen-bond donors (Lipinski definition) is 1. The molecular weight excluding hydrogens is 305 g/mol. The van der Waals surface area contributed by atoms with Crippen molar-refractivity contribution in [3.63, 3.8) is 0 Å². The Morgan fingerprint density at radius 3 is 2.71 bits per heavy atom. The van der Waals surface area contributed by atoms with Gasteiger partial charge in [0.25, 0.3) is 0 Å². The molecule has 2 aliphatic rings. The van der Waals surface area contributed by atoms with Gasteiger partial charge in [0.15, 0.2) is 0 Å². The molecule has 1 aromatic heterocycles.